The maximum atomic E-state index is 14.2. The fourth-order valence-electron chi connectivity index (χ4n) is 2.82. The van der Waals surface area contributed by atoms with E-state index in [0.29, 0.717) is 10.8 Å². The maximum absolute atomic E-state index is 14.2. The molecule has 142 valence electrons. The molecule has 0 saturated heterocycles. The van der Waals surface area contributed by atoms with Crippen LogP contribution in [-0.2, 0) is 7.05 Å². The molecule has 0 spiro atoms. The lowest BCUT2D eigenvalue weighted by Crippen LogP contribution is -1.93. The van der Waals surface area contributed by atoms with E-state index in [4.69, 9.17) is 23.2 Å². The third-order valence-electron chi connectivity index (χ3n) is 4.21. The standard InChI is InChI=1S/C20H14Cl2FN3S2/c1-26-20(24-19(25-26)17-13(21)4-3-5-15(17)23)18-14(22)10-16(28-18)11-6-8-12(27-2)9-7-11/h3-10H,1-2H3. The highest BCUT2D eigenvalue weighted by atomic mass is 35.5. The summed E-state index contributed by atoms with van der Waals surface area (Å²) in [6.45, 7) is 0. The highest BCUT2D eigenvalue weighted by molar-refractivity contribution is 7.98. The van der Waals surface area contributed by atoms with Crippen LogP contribution in [0.2, 0.25) is 10.0 Å². The van der Waals surface area contributed by atoms with Crippen LogP contribution in [-0.4, -0.2) is 21.0 Å². The van der Waals surface area contributed by atoms with Crippen LogP contribution in [0.25, 0.3) is 32.5 Å². The van der Waals surface area contributed by atoms with Crippen LogP contribution in [0.5, 0.6) is 0 Å². The number of thiophene rings is 1. The van der Waals surface area contributed by atoms with Crippen molar-refractivity contribution in [3.8, 4) is 32.5 Å². The van der Waals surface area contributed by atoms with E-state index in [1.165, 1.54) is 22.3 Å². The topological polar surface area (TPSA) is 30.7 Å². The van der Waals surface area contributed by atoms with E-state index >= 15 is 0 Å². The van der Waals surface area contributed by atoms with Gasteiger partial charge in [-0.15, -0.1) is 23.1 Å². The van der Waals surface area contributed by atoms with E-state index in [-0.39, 0.29) is 16.4 Å². The Morgan fingerprint density at radius 3 is 2.50 bits per heavy atom. The largest absolute Gasteiger partial charge is 0.248 e. The smallest absolute Gasteiger partial charge is 0.186 e. The average molecular weight is 450 g/mol. The zero-order chi connectivity index (χ0) is 19.8. The number of hydrogen-bond acceptors (Lipinski definition) is 4. The van der Waals surface area contributed by atoms with E-state index in [9.17, 15) is 4.39 Å². The van der Waals surface area contributed by atoms with Gasteiger partial charge in [0.05, 0.1) is 20.5 Å². The van der Waals surface area contributed by atoms with E-state index in [1.54, 1.807) is 35.6 Å². The number of aryl methyl sites for hydroxylation is 1. The Morgan fingerprint density at radius 1 is 1.07 bits per heavy atom. The number of halogens is 3. The molecular formula is C20H14Cl2FN3S2. The first-order chi connectivity index (χ1) is 13.5. The quantitative estimate of drug-likeness (QED) is 0.312. The third-order valence-corrected chi connectivity index (χ3v) is 6.86. The second kappa shape index (κ2) is 7.87. The first-order valence-corrected chi connectivity index (χ1v) is 11.1. The van der Waals surface area contributed by atoms with Gasteiger partial charge >= 0.3 is 0 Å². The van der Waals surface area contributed by atoms with Crippen molar-refractivity contribution in [1.29, 1.82) is 0 Å². The minimum absolute atomic E-state index is 0.187. The molecule has 0 fully saturated rings. The zero-order valence-corrected chi connectivity index (χ0v) is 18.1. The molecule has 2 aromatic heterocycles. The van der Waals surface area contributed by atoms with Crippen molar-refractivity contribution < 1.29 is 4.39 Å². The van der Waals surface area contributed by atoms with Crippen molar-refractivity contribution in [2.24, 2.45) is 7.05 Å². The normalized spacial score (nSPS) is 11.2. The summed E-state index contributed by atoms with van der Waals surface area (Å²) in [5.74, 6) is 0.337. The molecule has 4 rings (SSSR count). The van der Waals surface area contributed by atoms with Crippen LogP contribution in [0.3, 0.4) is 0 Å². The Hall–Kier alpha value is -1.86. The molecule has 3 nitrogen and oxygen atoms in total. The number of hydrogen-bond donors (Lipinski definition) is 0. The van der Waals surface area contributed by atoms with Crippen molar-refractivity contribution in [1.82, 2.24) is 14.8 Å². The lowest BCUT2D eigenvalue weighted by atomic mass is 10.2. The lowest BCUT2D eigenvalue weighted by molar-refractivity contribution is 0.629. The molecule has 0 radical (unpaired) electrons. The molecule has 0 aliphatic carbocycles. The van der Waals surface area contributed by atoms with Gasteiger partial charge < -0.3 is 0 Å². The van der Waals surface area contributed by atoms with Gasteiger partial charge in [0.25, 0.3) is 0 Å². The molecule has 28 heavy (non-hydrogen) atoms. The van der Waals surface area contributed by atoms with Gasteiger partial charge in [0.2, 0.25) is 0 Å². The van der Waals surface area contributed by atoms with E-state index in [0.717, 1.165) is 15.3 Å². The predicted octanol–water partition coefficient (Wildman–Crippen LogP) is 7.05. The molecule has 2 aromatic carbocycles. The number of nitrogens with zero attached hydrogens (tertiary/aromatic N) is 3. The average Bonchev–Trinajstić information content (AvgIpc) is 3.24. The van der Waals surface area contributed by atoms with Crippen LogP contribution in [0, 0.1) is 5.82 Å². The van der Waals surface area contributed by atoms with Gasteiger partial charge in [0, 0.05) is 16.8 Å². The van der Waals surface area contributed by atoms with Crippen LogP contribution in [0.15, 0.2) is 53.4 Å². The van der Waals surface area contributed by atoms with Gasteiger partial charge in [-0.05, 0) is 42.2 Å². The van der Waals surface area contributed by atoms with Crippen LogP contribution in [0.1, 0.15) is 0 Å². The van der Waals surface area contributed by atoms with Crippen molar-refractivity contribution in [2.45, 2.75) is 4.90 Å². The molecule has 0 aliphatic rings. The number of benzene rings is 2. The molecule has 0 N–H and O–H groups in total. The van der Waals surface area contributed by atoms with E-state index in [2.05, 4.69) is 34.3 Å². The van der Waals surface area contributed by atoms with Gasteiger partial charge in [-0.2, -0.15) is 5.10 Å². The molecule has 0 unspecified atom stereocenters. The molecule has 0 amide bonds. The molecule has 8 heteroatoms. The van der Waals surface area contributed by atoms with Crippen molar-refractivity contribution in [3.63, 3.8) is 0 Å². The van der Waals surface area contributed by atoms with Gasteiger partial charge in [-0.25, -0.2) is 14.1 Å². The molecule has 4 aromatic rings. The summed E-state index contributed by atoms with van der Waals surface area (Å²) in [4.78, 5) is 7.52. The Kier molecular flexibility index (Phi) is 5.47. The van der Waals surface area contributed by atoms with E-state index in [1.807, 2.05) is 12.3 Å². The van der Waals surface area contributed by atoms with Gasteiger partial charge in [-0.1, -0.05) is 41.4 Å². The van der Waals surface area contributed by atoms with Crippen molar-refractivity contribution in [2.75, 3.05) is 6.26 Å². The summed E-state index contributed by atoms with van der Waals surface area (Å²) in [6.07, 6.45) is 2.04. The third kappa shape index (κ3) is 3.57. The predicted molar refractivity (Wildman–Crippen MR) is 117 cm³/mol. The van der Waals surface area contributed by atoms with Gasteiger partial charge in [0.1, 0.15) is 5.82 Å². The summed E-state index contributed by atoms with van der Waals surface area (Å²) in [5.41, 5.74) is 1.27. The zero-order valence-electron chi connectivity index (χ0n) is 14.9. The fraction of sp³-hybridized carbons (Fsp3) is 0.100. The summed E-state index contributed by atoms with van der Waals surface area (Å²) in [7, 11) is 1.75. The summed E-state index contributed by atoms with van der Waals surface area (Å²) in [5, 5.41) is 5.20. The first kappa shape index (κ1) is 19.5. The number of rotatable bonds is 4. The van der Waals surface area contributed by atoms with Gasteiger partial charge in [0.15, 0.2) is 11.6 Å². The maximum Gasteiger partial charge on any atom is 0.186 e. The van der Waals surface area contributed by atoms with E-state index < -0.39 is 5.82 Å². The minimum Gasteiger partial charge on any atom is -0.248 e. The van der Waals surface area contributed by atoms with Crippen molar-refractivity contribution >= 4 is 46.3 Å². The highest BCUT2D eigenvalue weighted by Crippen LogP contribution is 2.41. The van der Waals surface area contributed by atoms with Gasteiger partial charge in [-0.3, -0.25) is 0 Å². The molecular weight excluding hydrogens is 436 g/mol. The molecule has 0 saturated carbocycles. The Morgan fingerprint density at radius 2 is 1.82 bits per heavy atom. The molecule has 0 atom stereocenters. The summed E-state index contributed by atoms with van der Waals surface area (Å²) >= 11 is 15.9. The number of aromatic nitrogens is 3. The second-order valence-electron chi connectivity index (χ2n) is 6.00. The second-order valence-corrected chi connectivity index (χ2v) is 8.74. The monoisotopic (exact) mass is 449 g/mol. The Labute approximate surface area is 180 Å². The fourth-order valence-corrected chi connectivity index (χ4v) is 4.92. The first-order valence-electron chi connectivity index (χ1n) is 8.27. The Bertz CT molecular complexity index is 1130. The van der Waals surface area contributed by atoms with Crippen LogP contribution in [0.4, 0.5) is 4.39 Å². The summed E-state index contributed by atoms with van der Waals surface area (Å²) < 4.78 is 15.8. The molecule has 0 aliphatic heterocycles. The Balaban J connectivity index is 1.76. The molecule has 0 bridgehead atoms. The lowest BCUT2D eigenvalue weighted by Gasteiger charge is -2.00. The SMILES string of the molecule is CSc1ccc(-c2cc(Cl)c(-c3nc(-c4c(F)cccc4Cl)nn3C)s2)cc1. The molecule has 2 heterocycles. The van der Waals surface area contributed by atoms with Crippen LogP contribution < -0.4 is 0 Å². The summed E-state index contributed by atoms with van der Waals surface area (Å²) in [6, 6.07) is 14.7. The highest BCUT2D eigenvalue weighted by Gasteiger charge is 2.20. The number of thioether (sulfide) groups is 1. The van der Waals surface area contributed by atoms with Crippen molar-refractivity contribution in [3.05, 3.63) is 64.4 Å². The minimum atomic E-state index is -0.462. The van der Waals surface area contributed by atoms with Crippen LogP contribution >= 0.6 is 46.3 Å².